The van der Waals surface area contributed by atoms with Gasteiger partial charge in [-0.1, -0.05) is 42.4 Å². The number of aromatic nitrogens is 3. The summed E-state index contributed by atoms with van der Waals surface area (Å²) >= 11 is 1.37. The summed E-state index contributed by atoms with van der Waals surface area (Å²) in [5.41, 5.74) is 3.36. The van der Waals surface area contributed by atoms with Gasteiger partial charge in [-0.05, 0) is 80.6 Å². The van der Waals surface area contributed by atoms with E-state index in [9.17, 15) is 9.18 Å². The summed E-state index contributed by atoms with van der Waals surface area (Å²) in [4.78, 5) is 15.2. The Labute approximate surface area is 203 Å². The van der Waals surface area contributed by atoms with Crippen molar-refractivity contribution in [1.29, 1.82) is 0 Å². The molecule has 2 aliphatic rings. The van der Waals surface area contributed by atoms with Crippen LogP contribution in [-0.2, 0) is 17.8 Å². The predicted molar refractivity (Wildman–Crippen MR) is 131 cm³/mol. The largest absolute Gasteiger partial charge is 0.349 e. The zero-order valence-electron chi connectivity index (χ0n) is 19.3. The number of piperidine rings is 1. The molecule has 3 aromatic rings. The van der Waals surface area contributed by atoms with Crippen LogP contribution in [0.1, 0.15) is 55.1 Å². The van der Waals surface area contributed by atoms with Crippen molar-refractivity contribution in [2.45, 2.75) is 56.3 Å². The van der Waals surface area contributed by atoms with Crippen molar-refractivity contribution in [3.05, 3.63) is 71.3 Å². The molecule has 1 amide bonds. The summed E-state index contributed by atoms with van der Waals surface area (Å²) in [6.45, 7) is 2.78. The van der Waals surface area contributed by atoms with Gasteiger partial charge < -0.3 is 5.32 Å². The molecule has 1 aliphatic heterocycles. The smallest absolute Gasteiger partial charge is 0.230 e. The molecular formula is C26H30FN5OS. The van der Waals surface area contributed by atoms with Crippen molar-refractivity contribution < 1.29 is 9.18 Å². The maximum Gasteiger partial charge on any atom is 0.230 e. The third-order valence-electron chi connectivity index (χ3n) is 6.64. The van der Waals surface area contributed by atoms with Gasteiger partial charge in [-0.15, -0.1) is 10.2 Å². The molecule has 0 saturated carbocycles. The number of carbonyl (C=O) groups excluding carboxylic acids is 1. The molecule has 2 aromatic carbocycles. The number of amides is 1. The number of rotatable bonds is 7. The van der Waals surface area contributed by atoms with E-state index in [4.69, 9.17) is 0 Å². The van der Waals surface area contributed by atoms with E-state index < -0.39 is 0 Å². The monoisotopic (exact) mass is 479 g/mol. The highest BCUT2D eigenvalue weighted by Gasteiger charge is 2.23. The Bertz CT molecular complexity index is 1130. The number of nitrogens with one attached hydrogen (secondary N) is 1. The van der Waals surface area contributed by atoms with E-state index in [1.54, 1.807) is 12.1 Å². The lowest BCUT2D eigenvalue weighted by atomic mass is 9.88. The van der Waals surface area contributed by atoms with E-state index in [1.165, 1.54) is 54.3 Å². The molecule has 1 saturated heterocycles. The van der Waals surface area contributed by atoms with Crippen molar-refractivity contribution in [1.82, 2.24) is 25.0 Å². The Hall–Kier alpha value is -2.71. The van der Waals surface area contributed by atoms with E-state index in [1.807, 2.05) is 10.6 Å². The van der Waals surface area contributed by atoms with Crippen LogP contribution >= 0.6 is 11.8 Å². The third kappa shape index (κ3) is 5.33. The zero-order valence-corrected chi connectivity index (χ0v) is 20.1. The van der Waals surface area contributed by atoms with E-state index in [-0.39, 0.29) is 23.5 Å². The molecule has 1 atom stereocenters. The maximum absolute atomic E-state index is 13.6. The van der Waals surface area contributed by atoms with Gasteiger partial charge in [0, 0.05) is 5.69 Å². The summed E-state index contributed by atoms with van der Waals surface area (Å²) < 4.78 is 15.5. The van der Waals surface area contributed by atoms with Crippen LogP contribution in [0, 0.1) is 5.82 Å². The standard InChI is InChI=1S/C26H30FN5OS/c27-20-11-13-21(14-12-20)32-24(17-31-15-4-1-5-16-31)29-30-26(32)34-18-25(33)28-23-10-6-8-19-7-2-3-9-22(19)23/h2-3,7,9,11-14,23H,1,4-6,8,10,15-18H2,(H,28,33). The first-order chi connectivity index (χ1) is 16.7. The number of hydrogen-bond donors (Lipinski definition) is 1. The van der Waals surface area contributed by atoms with Crippen LogP contribution in [0.4, 0.5) is 4.39 Å². The van der Waals surface area contributed by atoms with E-state index >= 15 is 0 Å². The van der Waals surface area contributed by atoms with Crippen LogP contribution in [0.5, 0.6) is 0 Å². The molecule has 8 heteroatoms. The lowest BCUT2D eigenvalue weighted by Crippen LogP contribution is -2.32. The van der Waals surface area contributed by atoms with Gasteiger partial charge in [0.1, 0.15) is 5.82 Å². The normalized spacial score (nSPS) is 18.4. The second-order valence-electron chi connectivity index (χ2n) is 9.05. The van der Waals surface area contributed by atoms with Crippen molar-refractivity contribution in [2.24, 2.45) is 0 Å². The van der Waals surface area contributed by atoms with Gasteiger partial charge >= 0.3 is 0 Å². The van der Waals surface area contributed by atoms with Gasteiger partial charge in [0.2, 0.25) is 5.91 Å². The molecule has 2 heterocycles. The third-order valence-corrected chi connectivity index (χ3v) is 7.56. The average molecular weight is 480 g/mol. The molecule has 34 heavy (non-hydrogen) atoms. The summed E-state index contributed by atoms with van der Waals surface area (Å²) in [5.74, 6) is 0.771. The highest BCUT2D eigenvalue weighted by atomic mass is 32.2. The van der Waals surface area contributed by atoms with Crippen LogP contribution < -0.4 is 5.32 Å². The zero-order chi connectivity index (χ0) is 23.3. The molecule has 0 radical (unpaired) electrons. The van der Waals surface area contributed by atoms with Crippen LogP contribution in [0.15, 0.2) is 53.7 Å². The van der Waals surface area contributed by atoms with Gasteiger partial charge in [0.05, 0.1) is 18.3 Å². The minimum atomic E-state index is -0.282. The van der Waals surface area contributed by atoms with Crippen LogP contribution in [0.25, 0.3) is 5.69 Å². The SMILES string of the molecule is O=C(CSc1nnc(CN2CCCCC2)n1-c1ccc(F)cc1)NC1CCCc2ccccc21. The van der Waals surface area contributed by atoms with E-state index in [0.29, 0.717) is 11.7 Å². The molecule has 1 aliphatic carbocycles. The fourth-order valence-electron chi connectivity index (χ4n) is 4.93. The number of benzene rings is 2. The van der Waals surface area contributed by atoms with Gasteiger partial charge in [-0.3, -0.25) is 14.3 Å². The second-order valence-corrected chi connectivity index (χ2v) is 9.99. The topological polar surface area (TPSA) is 63.1 Å². The van der Waals surface area contributed by atoms with Gasteiger partial charge in [-0.2, -0.15) is 0 Å². The Morgan fingerprint density at radius 1 is 1.03 bits per heavy atom. The van der Waals surface area contributed by atoms with Crippen LogP contribution in [-0.4, -0.2) is 44.4 Å². The number of aryl methyl sites for hydroxylation is 1. The van der Waals surface area contributed by atoms with Crippen LogP contribution in [0.2, 0.25) is 0 Å². The highest BCUT2D eigenvalue weighted by Crippen LogP contribution is 2.30. The fraction of sp³-hybridized carbons (Fsp3) is 0.423. The average Bonchev–Trinajstić information content (AvgIpc) is 3.26. The van der Waals surface area contributed by atoms with Crippen molar-refractivity contribution in [2.75, 3.05) is 18.8 Å². The van der Waals surface area contributed by atoms with Crippen LogP contribution in [0.3, 0.4) is 0 Å². The van der Waals surface area contributed by atoms with Gasteiger partial charge in [0.15, 0.2) is 11.0 Å². The van der Waals surface area contributed by atoms with Crippen molar-refractivity contribution in [3.8, 4) is 5.69 Å². The minimum Gasteiger partial charge on any atom is -0.349 e. The summed E-state index contributed by atoms with van der Waals surface area (Å²) in [5, 5.41) is 12.7. The maximum atomic E-state index is 13.6. The van der Waals surface area contributed by atoms with Gasteiger partial charge in [0.25, 0.3) is 0 Å². The highest BCUT2D eigenvalue weighted by molar-refractivity contribution is 7.99. The first-order valence-corrected chi connectivity index (χ1v) is 13.1. The number of thioether (sulfide) groups is 1. The molecule has 1 aromatic heterocycles. The summed E-state index contributed by atoms with van der Waals surface area (Å²) in [6, 6.07) is 14.8. The Balaban J connectivity index is 1.30. The fourth-order valence-corrected chi connectivity index (χ4v) is 5.72. The second kappa shape index (κ2) is 10.7. The number of halogens is 1. The lowest BCUT2D eigenvalue weighted by Gasteiger charge is -2.26. The number of likely N-dealkylation sites (tertiary alicyclic amines) is 1. The molecule has 178 valence electrons. The molecule has 6 nitrogen and oxygen atoms in total. The minimum absolute atomic E-state index is 0.0158. The van der Waals surface area contributed by atoms with Crippen molar-refractivity contribution in [3.63, 3.8) is 0 Å². The first-order valence-electron chi connectivity index (χ1n) is 12.1. The quantitative estimate of drug-likeness (QED) is 0.499. The number of carbonyl (C=O) groups is 1. The van der Waals surface area contributed by atoms with Gasteiger partial charge in [-0.25, -0.2) is 4.39 Å². The van der Waals surface area contributed by atoms with Crippen molar-refractivity contribution >= 4 is 17.7 Å². The molecule has 5 rings (SSSR count). The Morgan fingerprint density at radius 3 is 2.65 bits per heavy atom. The lowest BCUT2D eigenvalue weighted by molar-refractivity contribution is -0.119. The molecule has 1 N–H and O–H groups in total. The Morgan fingerprint density at radius 2 is 1.82 bits per heavy atom. The molecule has 0 bridgehead atoms. The molecular weight excluding hydrogens is 449 g/mol. The number of hydrogen-bond acceptors (Lipinski definition) is 5. The van der Waals surface area contributed by atoms with E-state index in [0.717, 1.165) is 43.9 Å². The summed E-state index contributed by atoms with van der Waals surface area (Å²) in [6.07, 6.45) is 6.75. The Kier molecular flexibility index (Phi) is 7.25. The molecule has 0 spiro atoms. The summed E-state index contributed by atoms with van der Waals surface area (Å²) in [7, 11) is 0. The predicted octanol–water partition coefficient (Wildman–Crippen LogP) is 4.68. The first kappa shape index (κ1) is 23.1. The number of fused-ring (bicyclic) bond motifs is 1. The molecule has 1 unspecified atom stereocenters. The number of nitrogens with zero attached hydrogens (tertiary/aromatic N) is 4. The molecule has 1 fully saturated rings. The van der Waals surface area contributed by atoms with E-state index in [2.05, 4.69) is 38.6 Å².